The zero-order chi connectivity index (χ0) is 21.0. The predicted octanol–water partition coefficient (Wildman–Crippen LogP) is 7.24. The van der Waals surface area contributed by atoms with Gasteiger partial charge in [0.05, 0.1) is 42.2 Å². The molecule has 0 atom stereocenters. The zero-order valence-corrected chi connectivity index (χ0v) is 19.1. The van der Waals surface area contributed by atoms with Gasteiger partial charge < -0.3 is 4.42 Å². The van der Waals surface area contributed by atoms with Crippen molar-refractivity contribution in [3.63, 3.8) is 0 Å². The van der Waals surface area contributed by atoms with Gasteiger partial charge in [-0.25, -0.2) is 0 Å². The number of nitrogens with zero attached hydrogens (tertiary/aromatic N) is 1. The Bertz CT molecular complexity index is 1190. The van der Waals surface area contributed by atoms with Gasteiger partial charge in [0, 0.05) is 10.8 Å². The standard InChI is InChI=1S/C22H17F3INOSi/c1-29(2,3)15-12-10-14(11-13-15)27(26)19-9-5-7-17-16-6-4-8-18(22(23,24)25)20(16)28-21(17)19/h4-10,12H,1-3H3. The van der Waals surface area contributed by atoms with Crippen molar-refractivity contribution in [3.05, 3.63) is 66.2 Å². The highest BCUT2D eigenvalue weighted by Crippen LogP contribution is 2.43. The molecular formula is C22H17F3INOSi. The lowest BCUT2D eigenvalue weighted by molar-refractivity contribution is -0.136. The van der Waals surface area contributed by atoms with Gasteiger partial charge in [-0.1, -0.05) is 56.0 Å². The summed E-state index contributed by atoms with van der Waals surface area (Å²) in [5.41, 5.74) is 0.930. The summed E-state index contributed by atoms with van der Waals surface area (Å²) >= 11 is 2.11. The van der Waals surface area contributed by atoms with Crippen LogP contribution in [0.1, 0.15) is 5.56 Å². The highest BCUT2D eigenvalue weighted by Gasteiger charge is 2.34. The molecule has 0 saturated carbocycles. The number of furan rings is 1. The van der Waals surface area contributed by atoms with Crippen molar-refractivity contribution in [1.82, 2.24) is 0 Å². The van der Waals surface area contributed by atoms with Crippen LogP contribution >= 0.6 is 22.9 Å². The highest BCUT2D eigenvalue weighted by molar-refractivity contribution is 14.1. The average Bonchev–Trinajstić information content (AvgIpc) is 3.04. The maximum atomic E-state index is 13.4. The summed E-state index contributed by atoms with van der Waals surface area (Å²) in [5.74, 6) is 0. The fraction of sp³-hybridized carbons (Fsp3) is 0.182. The van der Waals surface area contributed by atoms with E-state index in [1.807, 2.05) is 27.4 Å². The molecule has 0 unspecified atom stereocenters. The van der Waals surface area contributed by atoms with Crippen molar-refractivity contribution in [2.24, 2.45) is 0 Å². The van der Waals surface area contributed by atoms with Crippen molar-refractivity contribution in [2.75, 3.05) is 3.11 Å². The van der Waals surface area contributed by atoms with Crippen molar-refractivity contribution < 1.29 is 17.6 Å². The lowest BCUT2D eigenvalue weighted by Gasteiger charge is -2.17. The van der Waals surface area contributed by atoms with Crippen molar-refractivity contribution >= 4 is 69.4 Å². The molecule has 2 nitrogen and oxygen atoms in total. The van der Waals surface area contributed by atoms with Crippen LogP contribution in [0.3, 0.4) is 0 Å². The van der Waals surface area contributed by atoms with Crippen LogP contribution < -0.4 is 8.30 Å². The molecule has 0 fully saturated rings. The highest BCUT2D eigenvalue weighted by atomic mass is 127. The van der Waals surface area contributed by atoms with Crippen LogP contribution in [0.2, 0.25) is 19.6 Å². The number of benzene rings is 2. The molecule has 0 bridgehead atoms. The summed E-state index contributed by atoms with van der Waals surface area (Å²) in [7, 11) is -1.49. The van der Waals surface area contributed by atoms with Gasteiger partial charge in [0.2, 0.25) is 0 Å². The molecule has 4 rings (SSSR count). The van der Waals surface area contributed by atoms with Crippen LogP contribution in [0.25, 0.3) is 21.9 Å². The molecule has 148 valence electrons. The number of anilines is 2. The second-order valence-corrected chi connectivity index (χ2v) is 13.9. The third-order valence-corrected chi connectivity index (χ3v) is 7.72. The summed E-state index contributed by atoms with van der Waals surface area (Å²) in [5, 5.41) is 2.27. The lowest BCUT2D eigenvalue weighted by atomic mass is 10.1. The molecule has 0 N–H and O–H groups in total. The number of rotatable bonds is 3. The molecule has 0 spiro atoms. The summed E-state index contributed by atoms with van der Waals surface area (Å²) in [6.07, 6.45) is -4.48. The van der Waals surface area contributed by atoms with Crippen molar-refractivity contribution in [2.45, 2.75) is 25.8 Å². The Kier molecular flexibility index (Phi) is 4.82. The third kappa shape index (κ3) is 3.60. The first kappa shape index (κ1) is 20.1. The van der Waals surface area contributed by atoms with E-state index in [-0.39, 0.29) is 5.58 Å². The quantitative estimate of drug-likeness (QED) is 0.160. The van der Waals surface area contributed by atoms with E-state index in [0.717, 1.165) is 11.8 Å². The van der Waals surface area contributed by atoms with Gasteiger partial charge in [-0.2, -0.15) is 13.2 Å². The molecular weight excluding hydrogens is 506 g/mol. The number of hydrogen-bond donors (Lipinski definition) is 0. The number of hydrogen-bond acceptors (Lipinski definition) is 2. The van der Waals surface area contributed by atoms with Crippen LogP contribution in [0.4, 0.5) is 24.5 Å². The van der Waals surface area contributed by atoms with Gasteiger partial charge in [-0.15, -0.1) is 0 Å². The van der Waals surface area contributed by atoms with Gasteiger partial charge in [0.15, 0.2) is 5.58 Å². The average molecular weight is 523 g/mol. The minimum absolute atomic E-state index is 0.142. The van der Waals surface area contributed by atoms with Gasteiger partial charge in [-0.3, -0.25) is 3.11 Å². The number of fused-ring (bicyclic) bond motifs is 3. The van der Waals surface area contributed by atoms with Crippen LogP contribution in [0.15, 0.2) is 52.9 Å². The minimum Gasteiger partial charge on any atom is -0.453 e. The molecule has 1 heterocycles. The number of alkyl halides is 3. The molecule has 0 aliphatic rings. The van der Waals surface area contributed by atoms with Crippen molar-refractivity contribution in [1.29, 1.82) is 0 Å². The predicted molar refractivity (Wildman–Crippen MR) is 122 cm³/mol. The maximum absolute atomic E-state index is 13.4. The van der Waals surface area contributed by atoms with E-state index in [0.29, 0.717) is 22.0 Å². The van der Waals surface area contributed by atoms with E-state index in [1.165, 1.54) is 11.3 Å². The molecule has 0 radical (unpaired) electrons. The smallest absolute Gasteiger partial charge is 0.420 e. The van der Waals surface area contributed by atoms with Crippen molar-refractivity contribution in [3.8, 4) is 0 Å². The molecule has 0 amide bonds. The van der Waals surface area contributed by atoms with Crippen LogP contribution in [0, 0.1) is 12.1 Å². The van der Waals surface area contributed by atoms with Gasteiger partial charge in [0.25, 0.3) is 0 Å². The third-order valence-electron chi connectivity index (χ3n) is 4.77. The summed E-state index contributed by atoms with van der Waals surface area (Å²) in [6.45, 7) is 6.71. The molecule has 0 saturated heterocycles. The van der Waals surface area contributed by atoms with E-state index in [2.05, 4.69) is 54.6 Å². The Morgan fingerprint density at radius 1 is 0.897 bits per heavy atom. The molecule has 4 aromatic rings. The minimum atomic E-state index is -4.48. The van der Waals surface area contributed by atoms with E-state index < -0.39 is 19.8 Å². The summed E-state index contributed by atoms with van der Waals surface area (Å²) in [4.78, 5) is 0. The van der Waals surface area contributed by atoms with E-state index >= 15 is 0 Å². The Labute approximate surface area is 181 Å². The second kappa shape index (κ2) is 6.95. The van der Waals surface area contributed by atoms with E-state index in [1.54, 1.807) is 12.1 Å². The van der Waals surface area contributed by atoms with Crippen LogP contribution in [-0.4, -0.2) is 8.07 Å². The molecule has 1 aromatic heterocycles. The Balaban J connectivity index is 1.86. The first-order valence-corrected chi connectivity index (χ1v) is 13.5. The second-order valence-electron chi connectivity index (χ2n) is 7.85. The first-order chi connectivity index (χ1) is 13.6. The molecule has 29 heavy (non-hydrogen) atoms. The zero-order valence-electron chi connectivity index (χ0n) is 16.0. The Morgan fingerprint density at radius 2 is 1.55 bits per heavy atom. The SMILES string of the molecule is C[Si](C)(C)c1c#cc(N(I)c2cccc3c2oc2c(C(F)(F)F)cccc23)cc1. The lowest BCUT2D eigenvalue weighted by Crippen LogP contribution is -2.36. The van der Waals surface area contributed by atoms with Crippen LogP contribution in [-0.2, 0) is 6.18 Å². The topological polar surface area (TPSA) is 16.4 Å². The van der Waals surface area contributed by atoms with Gasteiger partial charge >= 0.3 is 6.18 Å². The first-order valence-electron chi connectivity index (χ1n) is 8.99. The Morgan fingerprint density at radius 3 is 2.14 bits per heavy atom. The Hall–Kier alpha value is -2.18. The van der Waals surface area contributed by atoms with E-state index in [9.17, 15) is 13.2 Å². The largest absolute Gasteiger partial charge is 0.453 e. The number of para-hydroxylation sites is 2. The van der Waals surface area contributed by atoms with E-state index in [4.69, 9.17) is 4.42 Å². The fourth-order valence-corrected chi connectivity index (χ4v) is 4.92. The molecule has 0 aliphatic carbocycles. The summed E-state index contributed by atoms with van der Waals surface area (Å²) in [6, 6.07) is 20.0. The summed E-state index contributed by atoms with van der Waals surface area (Å²) < 4.78 is 47.9. The van der Waals surface area contributed by atoms with Gasteiger partial charge in [-0.05, 0) is 29.5 Å². The van der Waals surface area contributed by atoms with Gasteiger partial charge in [0.1, 0.15) is 11.3 Å². The maximum Gasteiger partial charge on any atom is 0.420 e. The normalized spacial score (nSPS) is 12.4. The molecule has 7 heteroatoms. The molecule has 0 aliphatic heterocycles. The fourth-order valence-electron chi connectivity index (χ4n) is 3.24. The monoisotopic (exact) mass is 523 g/mol. The molecule has 3 aromatic carbocycles. The van der Waals surface area contributed by atoms with Crippen LogP contribution in [0.5, 0.6) is 0 Å². The number of halogens is 4.